The van der Waals surface area contributed by atoms with E-state index in [1.54, 1.807) is 30.3 Å². The molecule has 0 atom stereocenters. The van der Waals surface area contributed by atoms with Crippen molar-refractivity contribution in [2.24, 2.45) is 0 Å². The van der Waals surface area contributed by atoms with E-state index in [0.717, 1.165) is 12.1 Å². The van der Waals surface area contributed by atoms with Gasteiger partial charge in [-0.3, -0.25) is 9.59 Å². The third-order valence-corrected chi connectivity index (χ3v) is 3.63. The molecule has 27 heavy (non-hydrogen) atoms. The first-order valence-corrected chi connectivity index (χ1v) is 8.88. The molecule has 0 bridgehead atoms. The minimum Gasteiger partial charge on any atom is -0.487 e. The van der Waals surface area contributed by atoms with E-state index < -0.39 is 0 Å². The monoisotopic (exact) mass is 367 g/mol. The Hall–Kier alpha value is -3.28. The SMILES string of the molecule is C=CCOc1ccccc1NCC(=O)Nc1cccc(C(=O)NCCC)c1. The zero-order chi connectivity index (χ0) is 19.5. The summed E-state index contributed by atoms with van der Waals surface area (Å²) >= 11 is 0. The van der Waals surface area contributed by atoms with Crippen molar-refractivity contribution in [1.29, 1.82) is 0 Å². The van der Waals surface area contributed by atoms with Gasteiger partial charge in [-0.1, -0.05) is 37.8 Å². The molecule has 0 fully saturated rings. The number of rotatable bonds is 10. The van der Waals surface area contributed by atoms with Crippen LogP contribution in [0.15, 0.2) is 61.2 Å². The topological polar surface area (TPSA) is 79.5 Å². The van der Waals surface area contributed by atoms with Gasteiger partial charge >= 0.3 is 0 Å². The quantitative estimate of drug-likeness (QED) is 0.562. The average molecular weight is 367 g/mol. The molecule has 0 aromatic heterocycles. The highest BCUT2D eigenvalue weighted by molar-refractivity contribution is 5.98. The first-order chi connectivity index (χ1) is 13.1. The van der Waals surface area contributed by atoms with Crippen LogP contribution in [-0.4, -0.2) is 31.5 Å². The second kappa shape index (κ2) is 10.7. The molecule has 0 aliphatic rings. The number of benzene rings is 2. The molecule has 2 aromatic rings. The van der Waals surface area contributed by atoms with Crippen molar-refractivity contribution in [3.05, 3.63) is 66.7 Å². The predicted molar refractivity (Wildman–Crippen MR) is 108 cm³/mol. The molecule has 3 N–H and O–H groups in total. The Morgan fingerprint density at radius 3 is 2.74 bits per heavy atom. The molecular formula is C21H25N3O3. The van der Waals surface area contributed by atoms with Crippen LogP contribution >= 0.6 is 0 Å². The van der Waals surface area contributed by atoms with E-state index in [-0.39, 0.29) is 18.4 Å². The smallest absolute Gasteiger partial charge is 0.251 e. The minimum atomic E-state index is -0.223. The first-order valence-electron chi connectivity index (χ1n) is 8.88. The van der Waals surface area contributed by atoms with Gasteiger partial charge in [0.05, 0.1) is 12.2 Å². The molecule has 2 rings (SSSR count). The standard InChI is InChI=1S/C21H25N3O3/c1-3-12-22-21(26)16-8-7-9-17(14-16)24-20(25)15-23-18-10-5-6-11-19(18)27-13-4-2/h4-11,14,23H,2-3,12-13,15H2,1H3,(H,22,26)(H,24,25). The van der Waals surface area contributed by atoms with Crippen molar-refractivity contribution in [1.82, 2.24) is 5.32 Å². The van der Waals surface area contributed by atoms with Gasteiger partial charge in [-0.05, 0) is 36.8 Å². The van der Waals surface area contributed by atoms with E-state index in [4.69, 9.17) is 4.74 Å². The van der Waals surface area contributed by atoms with Gasteiger partial charge in [-0.15, -0.1) is 0 Å². The minimum absolute atomic E-state index is 0.0702. The highest BCUT2D eigenvalue weighted by atomic mass is 16.5. The summed E-state index contributed by atoms with van der Waals surface area (Å²) in [7, 11) is 0. The van der Waals surface area contributed by atoms with Crippen LogP contribution < -0.4 is 20.7 Å². The lowest BCUT2D eigenvalue weighted by Gasteiger charge is -2.12. The molecule has 142 valence electrons. The molecule has 0 unspecified atom stereocenters. The largest absolute Gasteiger partial charge is 0.487 e. The fourth-order valence-corrected chi connectivity index (χ4v) is 2.35. The number of carbonyl (C=O) groups is 2. The Balaban J connectivity index is 1.93. The van der Waals surface area contributed by atoms with E-state index in [1.807, 2.05) is 31.2 Å². The predicted octanol–water partition coefficient (Wildman–Crippen LogP) is 3.44. The van der Waals surface area contributed by atoms with Crippen molar-refractivity contribution >= 4 is 23.2 Å². The lowest BCUT2D eigenvalue weighted by Crippen LogP contribution is -2.25. The average Bonchev–Trinajstić information content (AvgIpc) is 2.69. The summed E-state index contributed by atoms with van der Waals surface area (Å²) in [5.41, 5.74) is 1.81. The van der Waals surface area contributed by atoms with Crippen LogP contribution in [0.3, 0.4) is 0 Å². The van der Waals surface area contributed by atoms with Gasteiger partial charge in [0, 0.05) is 17.8 Å². The summed E-state index contributed by atoms with van der Waals surface area (Å²) in [4.78, 5) is 24.3. The Morgan fingerprint density at radius 2 is 1.96 bits per heavy atom. The van der Waals surface area contributed by atoms with Crippen LogP contribution in [0.25, 0.3) is 0 Å². The number of hydrogen-bond donors (Lipinski definition) is 3. The molecule has 0 aliphatic heterocycles. The van der Waals surface area contributed by atoms with Crippen molar-refractivity contribution in [3.63, 3.8) is 0 Å². The van der Waals surface area contributed by atoms with Crippen LogP contribution in [0.1, 0.15) is 23.7 Å². The maximum absolute atomic E-state index is 12.2. The maximum atomic E-state index is 12.2. The third kappa shape index (κ3) is 6.51. The van der Waals surface area contributed by atoms with Gasteiger partial charge in [0.25, 0.3) is 5.91 Å². The summed E-state index contributed by atoms with van der Waals surface area (Å²) in [5.74, 6) is 0.277. The second-order valence-electron chi connectivity index (χ2n) is 5.83. The molecule has 0 saturated heterocycles. The third-order valence-electron chi connectivity index (χ3n) is 3.63. The van der Waals surface area contributed by atoms with Gasteiger partial charge in [-0.2, -0.15) is 0 Å². The number of para-hydroxylation sites is 2. The molecule has 0 saturated carbocycles. The van der Waals surface area contributed by atoms with E-state index in [9.17, 15) is 9.59 Å². The molecule has 0 radical (unpaired) electrons. The zero-order valence-corrected chi connectivity index (χ0v) is 15.5. The van der Waals surface area contributed by atoms with Gasteiger partial charge in [-0.25, -0.2) is 0 Å². The summed E-state index contributed by atoms with van der Waals surface area (Å²) in [6.07, 6.45) is 2.53. The van der Waals surface area contributed by atoms with Crippen molar-refractivity contribution in [2.75, 3.05) is 30.3 Å². The van der Waals surface area contributed by atoms with Crippen molar-refractivity contribution in [2.45, 2.75) is 13.3 Å². The highest BCUT2D eigenvalue weighted by Gasteiger charge is 2.08. The summed E-state index contributed by atoms with van der Waals surface area (Å²) < 4.78 is 5.55. The van der Waals surface area contributed by atoms with Crippen LogP contribution in [-0.2, 0) is 4.79 Å². The van der Waals surface area contributed by atoms with Gasteiger partial charge in [0.2, 0.25) is 5.91 Å². The van der Waals surface area contributed by atoms with E-state index in [2.05, 4.69) is 22.5 Å². The first kappa shape index (κ1) is 20.0. The maximum Gasteiger partial charge on any atom is 0.251 e. The lowest BCUT2D eigenvalue weighted by molar-refractivity contribution is -0.114. The van der Waals surface area contributed by atoms with Crippen molar-refractivity contribution < 1.29 is 14.3 Å². The van der Waals surface area contributed by atoms with E-state index >= 15 is 0 Å². The normalized spacial score (nSPS) is 9.96. The molecule has 2 amide bonds. The summed E-state index contributed by atoms with van der Waals surface area (Å²) in [6.45, 7) is 6.69. The van der Waals surface area contributed by atoms with E-state index in [0.29, 0.717) is 30.2 Å². The van der Waals surface area contributed by atoms with Crippen LogP contribution in [0.2, 0.25) is 0 Å². The fourth-order valence-electron chi connectivity index (χ4n) is 2.35. The zero-order valence-electron chi connectivity index (χ0n) is 15.5. The fraction of sp³-hybridized carbons (Fsp3) is 0.238. The Kier molecular flexibility index (Phi) is 7.91. The van der Waals surface area contributed by atoms with Gasteiger partial charge in [0.1, 0.15) is 12.4 Å². The Bertz CT molecular complexity index is 790. The van der Waals surface area contributed by atoms with E-state index in [1.165, 1.54) is 0 Å². The van der Waals surface area contributed by atoms with Gasteiger partial charge < -0.3 is 20.7 Å². The number of carbonyl (C=O) groups excluding carboxylic acids is 2. The van der Waals surface area contributed by atoms with Crippen LogP contribution in [0.5, 0.6) is 5.75 Å². The molecule has 0 aliphatic carbocycles. The Labute approximate surface area is 159 Å². The molecule has 0 spiro atoms. The summed E-state index contributed by atoms with van der Waals surface area (Å²) in [5, 5.41) is 8.66. The molecule has 6 nitrogen and oxygen atoms in total. The number of anilines is 2. The highest BCUT2D eigenvalue weighted by Crippen LogP contribution is 2.23. The molecule has 0 heterocycles. The van der Waals surface area contributed by atoms with Crippen LogP contribution in [0.4, 0.5) is 11.4 Å². The lowest BCUT2D eigenvalue weighted by atomic mass is 10.2. The van der Waals surface area contributed by atoms with Crippen LogP contribution in [0, 0.1) is 0 Å². The number of amides is 2. The second-order valence-corrected chi connectivity index (χ2v) is 5.83. The van der Waals surface area contributed by atoms with Gasteiger partial charge in [0.15, 0.2) is 0 Å². The number of hydrogen-bond acceptors (Lipinski definition) is 4. The number of ether oxygens (including phenoxy) is 1. The number of nitrogens with one attached hydrogen (secondary N) is 3. The summed E-state index contributed by atoms with van der Waals surface area (Å²) in [6, 6.07) is 14.2. The Morgan fingerprint density at radius 1 is 1.15 bits per heavy atom. The molecule has 2 aromatic carbocycles. The molecule has 6 heteroatoms. The molecular weight excluding hydrogens is 342 g/mol. The van der Waals surface area contributed by atoms with Crippen molar-refractivity contribution in [3.8, 4) is 5.75 Å².